The zero-order valence-electron chi connectivity index (χ0n) is 39.0. The molecular formula is C56H60FN3O9. The highest BCUT2D eigenvalue weighted by atomic mass is 19.1. The third kappa shape index (κ3) is 10.7. The highest BCUT2D eigenvalue weighted by molar-refractivity contribution is 6.03. The first kappa shape index (κ1) is 48.8. The molecule has 69 heavy (non-hydrogen) atoms. The van der Waals surface area contributed by atoms with Crippen molar-refractivity contribution in [1.29, 1.82) is 0 Å². The second-order valence-electron chi connectivity index (χ2n) is 17.9. The predicted octanol–water partition coefficient (Wildman–Crippen LogP) is 10.9. The highest BCUT2D eigenvalue weighted by Crippen LogP contribution is 2.62. The van der Waals surface area contributed by atoms with Crippen molar-refractivity contribution in [3.8, 4) is 11.5 Å². The van der Waals surface area contributed by atoms with Gasteiger partial charge in [0.25, 0.3) is 5.69 Å². The Bertz CT molecular complexity index is 2700. The number of nitrogens with zero attached hydrogens (tertiary/aromatic N) is 3. The highest BCUT2D eigenvalue weighted by Gasteiger charge is 2.65. The van der Waals surface area contributed by atoms with Gasteiger partial charge in [-0.2, -0.15) is 0 Å². The van der Waals surface area contributed by atoms with Gasteiger partial charge in [-0.15, -0.1) is 6.58 Å². The predicted molar refractivity (Wildman–Crippen MR) is 264 cm³/mol. The van der Waals surface area contributed by atoms with Crippen LogP contribution >= 0.6 is 0 Å². The minimum absolute atomic E-state index is 0.00747. The van der Waals surface area contributed by atoms with Crippen molar-refractivity contribution < 1.29 is 43.4 Å². The van der Waals surface area contributed by atoms with E-state index in [1.165, 1.54) is 24.3 Å². The molecule has 6 atom stereocenters. The van der Waals surface area contributed by atoms with E-state index >= 15 is 4.79 Å². The maximum Gasteiger partial charge on any atom is 0.269 e. The van der Waals surface area contributed by atoms with E-state index < -0.39 is 22.7 Å². The number of hydrogen-bond acceptors (Lipinski definition) is 10. The number of unbranched alkanes of at least 4 members (excludes halogenated alkanes) is 2. The maximum absolute atomic E-state index is 15.4. The molecule has 8 rings (SSSR count). The van der Waals surface area contributed by atoms with Gasteiger partial charge in [-0.1, -0.05) is 90.8 Å². The molecule has 1 saturated carbocycles. The summed E-state index contributed by atoms with van der Waals surface area (Å²) in [6, 6.07) is 31.4. The largest absolute Gasteiger partial charge is 0.489 e. The van der Waals surface area contributed by atoms with Gasteiger partial charge in [0, 0.05) is 61.4 Å². The Labute approximate surface area is 402 Å². The number of amides is 1. The van der Waals surface area contributed by atoms with Crippen molar-refractivity contribution in [2.24, 2.45) is 22.9 Å². The molecule has 2 N–H and O–H groups in total. The number of fused-ring (bicyclic) bond motifs is 3. The molecule has 360 valence electrons. The van der Waals surface area contributed by atoms with Crippen molar-refractivity contribution in [2.45, 2.75) is 82.8 Å². The molecular weight excluding hydrogens is 878 g/mol. The first-order chi connectivity index (χ1) is 33.7. The first-order valence-corrected chi connectivity index (χ1v) is 24.0. The lowest BCUT2D eigenvalue weighted by Crippen LogP contribution is -2.70. The molecule has 1 fully saturated rings. The summed E-state index contributed by atoms with van der Waals surface area (Å²) < 4.78 is 35.8. The van der Waals surface area contributed by atoms with E-state index in [9.17, 15) is 24.7 Å². The molecule has 0 saturated heterocycles. The summed E-state index contributed by atoms with van der Waals surface area (Å²) in [5.41, 5.74) is 4.28. The Kier molecular flexibility index (Phi) is 16.0. The van der Waals surface area contributed by atoms with Gasteiger partial charge >= 0.3 is 0 Å². The van der Waals surface area contributed by atoms with Crippen molar-refractivity contribution >= 4 is 34.2 Å². The number of aliphatic hydroxyl groups is 2. The van der Waals surface area contributed by atoms with Crippen LogP contribution in [-0.2, 0) is 27.5 Å². The quantitative estimate of drug-likeness (QED) is 0.0227. The SMILES string of the molecule is C=CCOC12Oc3ccc(OCc4ccccc4F)cc3C3C(CCCCO)C(CCCCO)C=C(C(=NOCC)CC1N(Cc1cccc4ccccc14)C(=O)C=Cc1ccc([N+](=O)[O-])cc1)C32. The number of non-ortho nitro benzene ring substituents is 1. The molecule has 1 heterocycles. The van der Waals surface area contributed by atoms with E-state index in [1.807, 2.05) is 67.6 Å². The van der Waals surface area contributed by atoms with Crippen LogP contribution in [0.25, 0.3) is 16.8 Å². The van der Waals surface area contributed by atoms with Crippen LogP contribution in [0.1, 0.15) is 80.0 Å². The molecule has 0 spiro atoms. The fourth-order valence-corrected chi connectivity index (χ4v) is 10.6. The average molecular weight is 938 g/mol. The Morgan fingerprint density at radius 3 is 2.45 bits per heavy atom. The zero-order chi connectivity index (χ0) is 48.3. The number of aliphatic hydroxyl groups excluding tert-OH is 2. The zero-order valence-corrected chi connectivity index (χ0v) is 39.0. The minimum Gasteiger partial charge on any atom is -0.489 e. The number of halogens is 1. The van der Waals surface area contributed by atoms with E-state index in [0.29, 0.717) is 47.8 Å². The number of allylic oxidation sites excluding steroid dienone is 1. The summed E-state index contributed by atoms with van der Waals surface area (Å²) in [7, 11) is 0. The summed E-state index contributed by atoms with van der Waals surface area (Å²) in [6.07, 6.45) is 11.6. The minimum atomic E-state index is -1.54. The molecule has 5 aromatic rings. The second-order valence-corrected chi connectivity index (χ2v) is 17.9. The number of ether oxygens (including phenoxy) is 3. The third-order valence-corrected chi connectivity index (χ3v) is 13.7. The van der Waals surface area contributed by atoms with Crippen LogP contribution in [0.5, 0.6) is 11.5 Å². The van der Waals surface area contributed by atoms with Gasteiger partial charge in [-0.05, 0) is 114 Å². The standard InChI is InChI=1S/C56H60FN3O9/c1-3-32-67-56-52(59(36-41-18-13-17-39-14-5-7-19-45(39)41)53(63)29-24-38-22-25-43(26-23-38)60(64)65)35-50(58-68-4-2)47-33-40(15-9-11-30-61)46(20-10-12-31-62)54(55(47)56)48-34-44(27-28-51(48)69-56)66-37-42-16-6-8-21-49(42)57/h3,5-8,13-14,16-19,21-29,33-34,40,46,52,54-55,61-62H,1,4,9-12,15,20,30-32,35-37H2,2H3. The molecule has 1 aliphatic heterocycles. The number of nitro benzene ring substituents is 1. The lowest BCUT2D eigenvalue weighted by atomic mass is 9.55. The lowest BCUT2D eigenvalue weighted by Gasteiger charge is -2.60. The number of oxime groups is 1. The van der Waals surface area contributed by atoms with Gasteiger partial charge in [0.15, 0.2) is 0 Å². The molecule has 1 amide bonds. The molecule has 0 radical (unpaired) electrons. The average Bonchev–Trinajstić information content (AvgIpc) is 3.37. The molecule has 5 aromatic carbocycles. The van der Waals surface area contributed by atoms with E-state index in [4.69, 9.17) is 24.2 Å². The number of benzene rings is 5. The fourth-order valence-electron chi connectivity index (χ4n) is 10.6. The summed E-state index contributed by atoms with van der Waals surface area (Å²) in [6.45, 7) is 6.58. The van der Waals surface area contributed by atoms with Crippen LogP contribution in [0.3, 0.4) is 0 Å². The van der Waals surface area contributed by atoms with Gasteiger partial charge < -0.3 is 34.2 Å². The van der Waals surface area contributed by atoms with Crippen LogP contribution in [0.2, 0.25) is 0 Å². The lowest BCUT2D eigenvalue weighted by molar-refractivity contribution is -0.384. The van der Waals surface area contributed by atoms with Gasteiger partial charge in [0.2, 0.25) is 11.7 Å². The van der Waals surface area contributed by atoms with E-state index in [2.05, 4.69) is 12.7 Å². The normalized spacial score (nSPS) is 22.1. The summed E-state index contributed by atoms with van der Waals surface area (Å²) in [5.74, 6) is -2.07. The third-order valence-electron chi connectivity index (χ3n) is 13.7. The maximum atomic E-state index is 15.4. The monoisotopic (exact) mass is 937 g/mol. The molecule has 0 bridgehead atoms. The number of hydrogen-bond donors (Lipinski definition) is 2. The summed E-state index contributed by atoms with van der Waals surface area (Å²) in [5, 5.41) is 38.3. The number of nitro groups is 1. The van der Waals surface area contributed by atoms with E-state index in [0.717, 1.165) is 53.2 Å². The number of rotatable bonds is 22. The Balaban J connectivity index is 1.33. The van der Waals surface area contributed by atoms with Gasteiger partial charge in [0.1, 0.15) is 36.6 Å². The molecule has 0 aromatic heterocycles. The topological polar surface area (TPSA) is 153 Å². The van der Waals surface area contributed by atoms with Crippen molar-refractivity contribution in [3.63, 3.8) is 0 Å². The fraction of sp³-hybridized carbons (Fsp3) is 0.357. The Hall–Kier alpha value is -6.67. The van der Waals surface area contributed by atoms with Crippen LogP contribution in [0.15, 0.2) is 145 Å². The van der Waals surface area contributed by atoms with Crippen molar-refractivity contribution in [3.05, 3.63) is 178 Å². The van der Waals surface area contributed by atoms with Crippen LogP contribution in [0, 0.1) is 33.7 Å². The summed E-state index contributed by atoms with van der Waals surface area (Å²) >= 11 is 0. The molecule has 2 aliphatic carbocycles. The van der Waals surface area contributed by atoms with Crippen molar-refractivity contribution in [1.82, 2.24) is 4.90 Å². The Morgan fingerprint density at radius 1 is 0.957 bits per heavy atom. The van der Waals surface area contributed by atoms with Gasteiger partial charge in [0.05, 0.1) is 23.2 Å². The van der Waals surface area contributed by atoms with Crippen molar-refractivity contribution in [2.75, 3.05) is 26.4 Å². The number of carbonyl (C=O) groups is 1. The van der Waals surface area contributed by atoms with Crippen LogP contribution < -0.4 is 9.47 Å². The smallest absolute Gasteiger partial charge is 0.269 e. The summed E-state index contributed by atoms with van der Waals surface area (Å²) in [4.78, 5) is 34.1. The van der Waals surface area contributed by atoms with E-state index in [-0.39, 0.29) is 74.6 Å². The number of carbonyl (C=O) groups excluding carboxylic acids is 1. The molecule has 13 heteroatoms. The molecule has 12 nitrogen and oxygen atoms in total. The first-order valence-electron chi connectivity index (χ1n) is 24.0. The molecule has 3 aliphatic rings. The van der Waals surface area contributed by atoms with Gasteiger partial charge in [-0.3, -0.25) is 14.9 Å². The second kappa shape index (κ2) is 22.6. The Morgan fingerprint density at radius 2 is 1.70 bits per heavy atom. The van der Waals surface area contributed by atoms with E-state index in [1.54, 1.807) is 47.4 Å². The van der Waals surface area contributed by atoms with Crippen LogP contribution in [0.4, 0.5) is 10.1 Å². The van der Waals surface area contributed by atoms with Gasteiger partial charge in [-0.25, -0.2) is 4.39 Å². The van der Waals surface area contributed by atoms with Crippen LogP contribution in [-0.4, -0.2) is 69.9 Å². The molecule has 6 unspecified atom stereocenters.